The molecule has 2 aromatic rings. The maximum Gasteiger partial charge on any atom is 0.203 e. The number of nitrogens with zero attached hydrogens (tertiary/aromatic N) is 1. The van der Waals surface area contributed by atoms with E-state index in [4.69, 9.17) is 14.2 Å². The number of anilines is 1. The predicted molar refractivity (Wildman–Crippen MR) is 75.5 cm³/mol. The van der Waals surface area contributed by atoms with Crippen molar-refractivity contribution in [2.75, 3.05) is 26.6 Å². The maximum atomic E-state index is 5.30. The second-order valence-corrected chi connectivity index (χ2v) is 4.67. The van der Waals surface area contributed by atoms with Crippen LogP contribution in [0.1, 0.15) is 5.01 Å². The molecule has 0 aliphatic heterocycles. The number of aromatic nitrogens is 1. The molecule has 5 nitrogen and oxygen atoms in total. The van der Waals surface area contributed by atoms with E-state index in [1.807, 2.05) is 17.5 Å². The topological polar surface area (TPSA) is 52.6 Å². The SMILES string of the molecule is COc1cc(NCc2nccs2)cc(OC)c1OC. The van der Waals surface area contributed by atoms with Gasteiger partial charge in [0.15, 0.2) is 11.5 Å². The summed E-state index contributed by atoms with van der Waals surface area (Å²) >= 11 is 1.61. The van der Waals surface area contributed by atoms with E-state index in [1.54, 1.807) is 38.9 Å². The van der Waals surface area contributed by atoms with Crippen molar-refractivity contribution in [1.82, 2.24) is 4.98 Å². The summed E-state index contributed by atoms with van der Waals surface area (Å²) in [5.74, 6) is 1.84. The van der Waals surface area contributed by atoms with Crippen LogP contribution in [0.2, 0.25) is 0 Å². The van der Waals surface area contributed by atoms with E-state index in [0.29, 0.717) is 23.8 Å². The van der Waals surface area contributed by atoms with Gasteiger partial charge in [-0.3, -0.25) is 0 Å². The van der Waals surface area contributed by atoms with Gasteiger partial charge in [0, 0.05) is 29.4 Å². The molecule has 0 atom stereocenters. The van der Waals surface area contributed by atoms with Crippen LogP contribution in [0.15, 0.2) is 23.7 Å². The minimum Gasteiger partial charge on any atom is -0.493 e. The second kappa shape index (κ2) is 6.29. The van der Waals surface area contributed by atoms with Crippen LogP contribution < -0.4 is 19.5 Å². The number of nitrogens with one attached hydrogen (secondary N) is 1. The zero-order chi connectivity index (χ0) is 13.7. The van der Waals surface area contributed by atoms with Gasteiger partial charge < -0.3 is 19.5 Å². The third-order valence-electron chi connectivity index (χ3n) is 2.59. The molecule has 19 heavy (non-hydrogen) atoms. The van der Waals surface area contributed by atoms with Crippen LogP contribution in [-0.2, 0) is 6.54 Å². The highest BCUT2D eigenvalue weighted by molar-refractivity contribution is 7.09. The molecule has 0 saturated heterocycles. The summed E-state index contributed by atoms with van der Waals surface area (Å²) < 4.78 is 15.9. The van der Waals surface area contributed by atoms with E-state index >= 15 is 0 Å². The Labute approximate surface area is 116 Å². The van der Waals surface area contributed by atoms with Crippen molar-refractivity contribution in [3.8, 4) is 17.2 Å². The van der Waals surface area contributed by atoms with E-state index in [9.17, 15) is 0 Å². The molecule has 0 aliphatic carbocycles. The smallest absolute Gasteiger partial charge is 0.203 e. The first kappa shape index (κ1) is 13.5. The predicted octanol–water partition coefficient (Wildman–Crippen LogP) is 2.78. The molecule has 0 spiro atoms. The molecule has 1 heterocycles. The van der Waals surface area contributed by atoms with Gasteiger partial charge in [-0.1, -0.05) is 0 Å². The van der Waals surface area contributed by atoms with Gasteiger partial charge in [-0.25, -0.2) is 4.98 Å². The number of benzene rings is 1. The highest BCUT2D eigenvalue weighted by Gasteiger charge is 2.13. The molecule has 1 N–H and O–H groups in total. The van der Waals surface area contributed by atoms with Crippen molar-refractivity contribution in [3.05, 3.63) is 28.7 Å². The fourth-order valence-corrected chi connectivity index (χ4v) is 2.26. The van der Waals surface area contributed by atoms with Crippen LogP contribution >= 0.6 is 11.3 Å². The maximum absolute atomic E-state index is 5.30. The number of ether oxygens (including phenoxy) is 3. The number of methoxy groups -OCH3 is 3. The average Bonchev–Trinajstić information content (AvgIpc) is 2.97. The zero-order valence-corrected chi connectivity index (χ0v) is 11.9. The quantitative estimate of drug-likeness (QED) is 0.881. The number of hydrogen-bond donors (Lipinski definition) is 1. The minimum absolute atomic E-state index is 0.588. The van der Waals surface area contributed by atoms with Crippen LogP contribution in [0, 0.1) is 0 Å². The molecule has 0 radical (unpaired) electrons. The van der Waals surface area contributed by atoms with Crippen LogP contribution in [0.3, 0.4) is 0 Å². The van der Waals surface area contributed by atoms with Crippen molar-refractivity contribution in [2.24, 2.45) is 0 Å². The molecule has 1 aromatic carbocycles. The van der Waals surface area contributed by atoms with Crippen molar-refractivity contribution in [3.63, 3.8) is 0 Å². The van der Waals surface area contributed by atoms with E-state index in [-0.39, 0.29) is 0 Å². The van der Waals surface area contributed by atoms with Gasteiger partial charge >= 0.3 is 0 Å². The van der Waals surface area contributed by atoms with Gasteiger partial charge in [-0.05, 0) is 0 Å². The Bertz CT molecular complexity index is 504. The standard InChI is InChI=1S/C13H16N2O3S/c1-16-10-6-9(7-11(17-2)13(10)18-3)15-8-12-14-4-5-19-12/h4-7,15H,8H2,1-3H3. The molecular formula is C13H16N2O3S. The van der Waals surface area contributed by atoms with Crippen molar-refractivity contribution < 1.29 is 14.2 Å². The van der Waals surface area contributed by atoms with Gasteiger partial charge in [-0.15, -0.1) is 11.3 Å². The highest BCUT2D eigenvalue weighted by Crippen LogP contribution is 2.39. The van der Waals surface area contributed by atoms with Crippen molar-refractivity contribution in [2.45, 2.75) is 6.54 Å². The Morgan fingerprint density at radius 3 is 2.26 bits per heavy atom. The van der Waals surface area contributed by atoms with Crippen molar-refractivity contribution in [1.29, 1.82) is 0 Å². The molecule has 0 aliphatic rings. The summed E-state index contributed by atoms with van der Waals surface area (Å²) in [5.41, 5.74) is 0.893. The first-order valence-corrected chi connectivity index (χ1v) is 6.58. The minimum atomic E-state index is 0.588. The summed E-state index contributed by atoms with van der Waals surface area (Å²) in [5, 5.41) is 6.25. The number of thiazole rings is 1. The molecule has 0 saturated carbocycles. The van der Waals surface area contributed by atoms with Crippen LogP contribution in [0.25, 0.3) is 0 Å². The van der Waals surface area contributed by atoms with Crippen LogP contribution in [0.4, 0.5) is 5.69 Å². The summed E-state index contributed by atoms with van der Waals surface area (Å²) in [4.78, 5) is 4.22. The van der Waals surface area contributed by atoms with E-state index in [1.165, 1.54) is 0 Å². The fourth-order valence-electron chi connectivity index (χ4n) is 1.70. The molecule has 2 rings (SSSR count). The van der Waals surface area contributed by atoms with Gasteiger partial charge in [0.25, 0.3) is 0 Å². The highest BCUT2D eigenvalue weighted by atomic mass is 32.1. The summed E-state index contributed by atoms with van der Waals surface area (Å²) in [6, 6.07) is 3.74. The van der Waals surface area contributed by atoms with Crippen molar-refractivity contribution >= 4 is 17.0 Å². The van der Waals surface area contributed by atoms with Gasteiger partial charge in [0.2, 0.25) is 5.75 Å². The third-order valence-corrected chi connectivity index (χ3v) is 3.37. The number of hydrogen-bond acceptors (Lipinski definition) is 6. The Morgan fingerprint density at radius 1 is 1.11 bits per heavy atom. The molecular weight excluding hydrogens is 264 g/mol. The molecule has 102 valence electrons. The van der Waals surface area contributed by atoms with Gasteiger partial charge in [0.1, 0.15) is 5.01 Å². The molecule has 1 aromatic heterocycles. The monoisotopic (exact) mass is 280 g/mol. The van der Waals surface area contributed by atoms with Gasteiger partial charge in [-0.2, -0.15) is 0 Å². The number of rotatable bonds is 6. The van der Waals surface area contributed by atoms with E-state index in [2.05, 4.69) is 10.3 Å². The summed E-state index contributed by atoms with van der Waals surface area (Å²) in [6.45, 7) is 0.663. The average molecular weight is 280 g/mol. The largest absolute Gasteiger partial charge is 0.493 e. The lowest BCUT2D eigenvalue weighted by Crippen LogP contribution is -2.01. The molecule has 6 heteroatoms. The normalized spacial score (nSPS) is 10.1. The lowest BCUT2D eigenvalue weighted by Gasteiger charge is -2.14. The molecule has 0 bridgehead atoms. The third kappa shape index (κ3) is 3.08. The van der Waals surface area contributed by atoms with Crippen LogP contribution in [-0.4, -0.2) is 26.3 Å². The Hall–Kier alpha value is -1.95. The second-order valence-electron chi connectivity index (χ2n) is 3.69. The van der Waals surface area contributed by atoms with E-state index < -0.39 is 0 Å². The molecule has 0 amide bonds. The Balaban J connectivity index is 2.20. The molecule has 0 unspecified atom stereocenters. The zero-order valence-electron chi connectivity index (χ0n) is 11.1. The lowest BCUT2D eigenvalue weighted by atomic mass is 10.2. The van der Waals surface area contributed by atoms with Crippen LogP contribution in [0.5, 0.6) is 17.2 Å². The molecule has 0 fully saturated rings. The summed E-state index contributed by atoms with van der Waals surface area (Å²) in [7, 11) is 4.78. The first-order valence-electron chi connectivity index (χ1n) is 5.70. The van der Waals surface area contributed by atoms with E-state index in [0.717, 1.165) is 10.7 Å². The Morgan fingerprint density at radius 2 is 1.79 bits per heavy atom. The summed E-state index contributed by atoms with van der Waals surface area (Å²) in [6.07, 6.45) is 1.79. The Kier molecular flexibility index (Phi) is 4.46. The van der Waals surface area contributed by atoms with Gasteiger partial charge in [0.05, 0.1) is 27.9 Å². The fraction of sp³-hybridized carbons (Fsp3) is 0.308. The lowest BCUT2D eigenvalue weighted by molar-refractivity contribution is 0.324. The first-order chi connectivity index (χ1) is 9.28.